The van der Waals surface area contributed by atoms with Crippen molar-refractivity contribution in [2.24, 2.45) is 0 Å². The molecule has 90 heavy (non-hydrogen) atoms. The van der Waals surface area contributed by atoms with Crippen LogP contribution in [0.4, 0.5) is 0 Å². The topological polar surface area (TPSA) is 464 Å². The molecule has 0 atom stereocenters. The van der Waals surface area contributed by atoms with Gasteiger partial charge >= 0.3 is 297 Å². The normalized spacial score (nSPS) is 10.3. The zero-order chi connectivity index (χ0) is 59.9. The van der Waals surface area contributed by atoms with Crippen LogP contribution < -0.4 is 298 Å². The van der Waals surface area contributed by atoms with E-state index in [0.717, 1.165) is 0 Å². The molecule has 1 radical (unpaired) electrons. The van der Waals surface area contributed by atoms with E-state index < -0.39 is 47.8 Å². The number of carbonyl (C=O) groups excluding carboxylic acids is 8. The van der Waals surface area contributed by atoms with Gasteiger partial charge in [-0.05, 0) is 93.0 Å². The van der Waals surface area contributed by atoms with Crippen LogP contribution in [-0.4, -0.2) is 126 Å². The number of aromatic nitrogens is 16. The van der Waals surface area contributed by atoms with Gasteiger partial charge in [0.1, 0.15) is 45.6 Å². The molecule has 8 aromatic heterocycles. The fourth-order valence-corrected chi connectivity index (χ4v) is 8.63. The summed E-state index contributed by atoms with van der Waals surface area (Å²) in [7, 11) is 0. The van der Waals surface area contributed by atoms with Crippen molar-refractivity contribution < 1.29 is 376 Å². The summed E-state index contributed by atoms with van der Waals surface area (Å²) in [6.45, 7) is 0.702. The Bertz CT molecular complexity index is 3440. The molecule has 10 aromatic rings. The van der Waals surface area contributed by atoms with E-state index >= 15 is 0 Å². The van der Waals surface area contributed by atoms with Crippen LogP contribution in [0.25, 0.3) is 0 Å². The summed E-state index contributed by atoms with van der Waals surface area (Å²) >= 11 is 0. The molecule has 10 rings (SSSR count). The van der Waals surface area contributed by atoms with Crippen LogP contribution in [0.3, 0.4) is 0 Å². The Kier molecular flexibility index (Phi) is 34.1. The molecule has 8 heterocycles. The number of rotatable bonds is 24. The number of hydrogen-bond acceptors (Lipinski definition) is 24. The zero-order valence-electron chi connectivity index (χ0n) is 48.2. The first-order chi connectivity index (χ1) is 40.1. The molecule has 32 nitrogen and oxygen atoms in total. The van der Waals surface area contributed by atoms with Crippen molar-refractivity contribution in [2.45, 2.75) is 52.4 Å². The third-order valence-electron chi connectivity index (χ3n) is 12.5. The van der Waals surface area contributed by atoms with E-state index in [2.05, 4.69) is 40.8 Å². The Morgan fingerprint density at radius 1 is 0.233 bits per heavy atom. The molecular formula is C52H36GdK5N16O16. The standard InChI is InChI=1S/2C26H22N8O8.Gd.5K/c2*35-23(36)19-1-5-31(27-19)11-15-9-17(13-33-7-3-21(29-33)25(39)40)18(14-34-8-4-22(30-34)26(41)42)10-16(15)12-32-6-2-20(28-32)24(37)38;;;;;;/h2*1-10H,11-14H2,(H,35,36)(H,37,38)(H,39,40)(H,41,42);;;;;;/q;;+3;5*+1/p-8. The minimum Gasteiger partial charge on any atom is -0.543 e. The van der Waals surface area contributed by atoms with Gasteiger partial charge in [0.2, 0.25) is 0 Å². The van der Waals surface area contributed by atoms with Crippen LogP contribution in [0.15, 0.2) is 122 Å². The number of carbonyl (C=O) groups is 8. The molecule has 0 bridgehead atoms. The van der Waals surface area contributed by atoms with Gasteiger partial charge in [0.25, 0.3) is 0 Å². The molecule has 0 saturated carbocycles. The van der Waals surface area contributed by atoms with Crippen molar-refractivity contribution in [3.05, 3.63) is 212 Å². The van der Waals surface area contributed by atoms with Gasteiger partial charge in [-0.15, -0.1) is 0 Å². The second-order valence-electron chi connectivity index (χ2n) is 18.3. The second kappa shape index (κ2) is 37.6. The second-order valence-corrected chi connectivity index (χ2v) is 18.3. The van der Waals surface area contributed by atoms with Gasteiger partial charge in [0, 0.05) is 49.6 Å². The molecule has 0 fully saturated rings. The SMILES string of the molecule is O=C([O-])c1ccn(Cc2cc(Cn3ccc(C(=O)[O-])n3)c(Cn3ccc(C(=O)[O-])n3)cc2Cn2ccc(C(=O)[O-])n2)n1.O=C([O-])c1ccn(Cc2cc(Cn3ccc(C(=O)[O-])n3)c(Cn3ccc(C(=O)[O-])n3)cc2Cn2ccc(C(=O)[O-])n2)n1.[Gd+3].[K+].[K+].[K+].[K+].[K+]. The van der Waals surface area contributed by atoms with Crippen LogP contribution in [0, 0.1) is 39.9 Å². The van der Waals surface area contributed by atoms with Crippen molar-refractivity contribution in [2.75, 3.05) is 0 Å². The van der Waals surface area contributed by atoms with Crippen molar-refractivity contribution in [1.82, 2.24) is 78.2 Å². The minimum atomic E-state index is -1.45. The summed E-state index contributed by atoms with van der Waals surface area (Å²) in [6.07, 6.45) is 11.6. The summed E-state index contributed by atoms with van der Waals surface area (Å²) in [5.41, 5.74) is 2.91. The molecule has 0 unspecified atom stereocenters. The smallest absolute Gasteiger partial charge is 0.543 e. The van der Waals surface area contributed by atoms with Crippen molar-refractivity contribution >= 4 is 47.8 Å². The Hall–Kier alpha value is -2.61. The van der Waals surface area contributed by atoms with Gasteiger partial charge in [-0.3, -0.25) is 37.5 Å². The first-order valence-electron chi connectivity index (χ1n) is 24.4. The number of hydrogen-bond donors (Lipinski definition) is 0. The average Bonchev–Trinajstić information content (AvgIpc) is 2.06. The summed E-state index contributed by atoms with van der Waals surface area (Å²) in [5, 5.41) is 122. The van der Waals surface area contributed by atoms with Gasteiger partial charge in [0.15, 0.2) is 0 Å². The molecule has 0 saturated heterocycles. The van der Waals surface area contributed by atoms with Crippen LogP contribution >= 0.6 is 0 Å². The summed E-state index contributed by atoms with van der Waals surface area (Å²) < 4.78 is 11.0. The quantitative estimate of drug-likeness (QED) is 0.0507. The van der Waals surface area contributed by atoms with Gasteiger partial charge in [-0.2, -0.15) is 40.8 Å². The molecule has 0 aliphatic carbocycles. The van der Waals surface area contributed by atoms with Gasteiger partial charge in [-0.25, -0.2) is 0 Å². The summed E-state index contributed by atoms with van der Waals surface area (Å²) in [6, 6.07) is 17.3. The fraction of sp³-hybridized carbons (Fsp3) is 0.154. The van der Waals surface area contributed by atoms with E-state index in [1.54, 1.807) is 24.3 Å². The Labute approximate surface area is 751 Å². The third kappa shape index (κ3) is 22.2. The zero-order valence-corrected chi connectivity index (χ0v) is 66.1. The Morgan fingerprint density at radius 2 is 0.333 bits per heavy atom. The molecule has 0 spiro atoms. The van der Waals surface area contributed by atoms with Crippen molar-refractivity contribution in [1.29, 1.82) is 0 Å². The monoisotopic (exact) mass is 1490 g/mol. The summed E-state index contributed by atoms with van der Waals surface area (Å²) in [4.78, 5) is 90.0. The molecule has 0 aliphatic heterocycles. The fourth-order valence-electron chi connectivity index (χ4n) is 8.63. The third-order valence-corrected chi connectivity index (χ3v) is 12.5. The molecule has 0 amide bonds. The Balaban J connectivity index is 0.000000441. The van der Waals surface area contributed by atoms with Crippen LogP contribution in [0.2, 0.25) is 0 Å². The maximum Gasteiger partial charge on any atom is 3.00 e. The number of carboxylic acid groups (broad SMARTS) is 8. The Morgan fingerprint density at radius 3 is 0.411 bits per heavy atom. The first kappa shape index (κ1) is 81.6. The van der Waals surface area contributed by atoms with Crippen molar-refractivity contribution in [3.63, 3.8) is 0 Å². The molecule has 38 heteroatoms. The largest absolute Gasteiger partial charge is 3.00 e. The number of aromatic carboxylic acids is 8. The number of benzene rings is 2. The number of nitrogens with zero attached hydrogens (tertiary/aromatic N) is 16. The van der Waals surface area contributed by atoms with E-state index in [0.29, 0.717) is 44.5 Å². The maximum atomic E-state index is 11.2. The molecular weight excluding hydrogens is 1460 g/mol. The van der Waals surface area contributed by atoms with E-state index in [-0.39, 0.29) is 395 Å². The van der Waals surface area contributed by atoms with Crippen LogP contribution in [0.5, 0.6) is 0 Å². The number of carboxylic acids is 8. The van der Waals surface area contributed by atoms with Crippen molar-refractivity contribution in [3.8, 4) is 0 Å². The molecule has 0 aliphatic rings. The molecule has 433 valence electrons. The first-order valence-corrected chi connectivity index (χ1v) is 24.4. The van der Waals surface area contributed by atoms with E-state index in [9.17, 15) is 79.2 Å². The minimum absolute atomic E-state index is 0. The average molecular weight is 1490 g/mol. The van der Waals surface area contributed by atoms with E-state index in [1.165, 1.54) is 136 Å². The molecule has 2 aromatic carbocycles. The van der Waals surface area contributed by atoms with Crippen LogP contribution in [0.1, 0.15) is 128 Å². The van der Waals surface area contributed by atoms with Gasteiger partial charge in [-0.1, -0.05) is 24.3 Å². The predicted molar refractivity (Wildman–Crippen MR) is 258 cm³/mol. The summed E-state index contributed by atoms with van der Waals surface area (Å²) in [5.74, 6) is -11.6. The maximum absolute atomic E-state index is 11.2. The predicted octanol–water partition coefficient (Wildman–Crippen LogP) is -22.7. The van der Waals surface area contributed by atoms with E-state index in [1.807, 2.05) is 0 Å². The van der Waals surface area contributed by atoms with E-state index in [4.69, 9.17) is 0 Å². The van der Waals surface area contributed by atoms with Crippen LogP contribution in [-0.2, 0) is 52.4 Å². The van der Waals surface area contributed by atoms with Gasteiger partial charge in [0.05, 0.1) is 100 Å². The van der Waals surface area contributed by atoms with Gasteiger partial charge < -0.3 is 79.2 Å². The molecule has 0 N–H and O–H groups in total.